The molecule has 7 nitrogen and oxygen atoms in total. The van der Waals surface area contributed by atoms with Crippen LogP contribution in [-0.2, 0) is 11.2 Å². The molecule has 1 amide bonds. The van der Waals surface area contributed by atoms with E-state index in [0.717, 1.165) is 10.5 Å². The highest BCUT2D eigenvalue weighted by Crippen LogP contribution is 2.24. The number of anilines is 1. The lowest BCUT2D eigenvalue weighted by Gasteiger charge is -2.10. The van der Waals surface area contributed by atoms with E-state index < -0.39 is 0 Å². The fourth-order valence-electron chi connectivity index (χ4n) is 2.89. The summed E-state index contributed by atoms with van der Waals surface area (Å²) < 4.78 is 1.77. The summed E-state index contributed by atoms with van der Waals surface area (Å²) in [6, 6.07) is 9.99. The van der Waals surface area contributed by atoms with Gasteiger partial charge >= 0.3 is 0 Å². The SMILES string of the molecule is CC(CC(=O)Nc1nnc(Cc2c[nH]c3ccccc23)s1)n1cccn1. The first-order valence-electron chi connectivity index (χ1n) is 8.35. The highest BCUT2D eigenvalue weighted by Gasteiger charge is 2.14. The number of fused-ring (bicyclic) bond motifs is 1. The van der Waals surface area contributed by atoms with Crippen LogP contribution in [0.1, 0.15) is 30.0 Å². The Morgan fingerprint density at radius 2 is 2.19 bits per heavy atom. The molecule has 0 fully saturated rings. The van der Waals surface area contributed by atoms with Gasteiger partial charge in [0.25, 0.3) is 0 Å². The van der Waals surface area contributed by atoms with Crippen molar-refractivity contribution in [3.05, 3.63) is 59.5 Å². The van der Waals surface area contributed by atoms with Crippen molar-refractivity contribution in [3.8, 4) is 0 Å². The summed E-state index contributed by atoms with van der Waals surface area (Å²) in [6.45, 7) is 1.95. The van der Waals surface area contributed by atoms with Gasteiger partial charge in [-0.25, -0.2) is 0 Å². The first-order valence-corrected chi connectivity index (χ1v) is 9.17. The molecule has 4 aromatic rings. The molecular formula is C18H18N6OS. The average Bonchev–Trinajstić information content (AvgIpc) is 3.37. The fraction of sp³-hybridized carbons (Fsp3) is 0.222. The van der Waals surface area contributed by atoms with Crippen molar-refractivity contribution in [3.63, 3.8) is 0 Å². The third-order valence-electron chi connectivity index (χ3n) is 4.19. The molecule has 0 bridgehead atoms. The molecule has 0 saturated heterocycles. The molecule has 1 unspecified atom stereocenters. The molecule has 1 aromatic carbocycles. The smallest absolute Gasteiger partial charge is 0.228 e. The van der Waals surface area contributed by atoms with Crippen molar-refractivity contribution in [1.29, 1.82) is 0 Å². The van der Waals surface area contributed by atoms with Gasteiger partial charge < -0.3 is 10.3 Å². The Bertz CT molecular complexity index is 1020. The van der Waals surface area contributed by atoms with Gasteiger partial charge in [0, 0.05) is 42.3 Å². The summed E-state index contributed by atoms with van der Waals surface area (Å²) >= 11 is 1.40. The second-order valence-electron chi connectivity index (χ2n) is 6.12. The zero-order valence-electron chi connectivity index (χ0n) is 14.2. The van der Waals surface area contributed by atoms with E-state index in [1.807, 2.05) is 43.6 Å². The largest absolute Gasteiger partial charge is 0.361 e. The van der Waals surface area contributed by atoms with E-state index in [1.165, 1.54) is 22.3 Å². The molecule has 3 aromatic heterocycles. The zero-order chi connectivity index (χ0) is 17.9. The maximum atomic E-state index is 12.2. The summed E-state index contributed by atoms with van der Waals surface area (Å²) in [6.07, 6.45) is 6.56. The Balaban J connectivity index is 1.39. The number of benzene rings is 1. The topological polar surface area (TPSA) is 88.5 Å². The van der Waals surface area contributed by atoms with E-state index in [4.69, 9.17) is 0 Å². The number of nitrogens with zero attached hydrogens (tertiary/aromatic N) is 4. The number of hydrogen-bond acceptors (Lipinski definition) is 5. The van der Waals surface area contributed by atoms with Gasteiger partial charge in [-0.2, -0.15) is 5.10 Å². The Hall–Kier alpha value is -3.00. The summed E-state index contributed by atoms with van der Waals surface area (Å²) in [5.41, 5.74) is 2.27. The van der Waals surface area contributed by atoms with Crippen molar-refractivity contribution in [1.82, 2.24) is 25.0 Å². The number of amides is 1. The number of hydrogen-bond donors (Lipinski definition) is 2. The molecule has 8 heteroatoms. The number of aromatic amines is 1. The zero-order valence-corrected chi connectivity index (χ0v) is 15.0. The monoisotopic (exact) mass is 366 g/mol. The van der Waals surface area contributed by atoms with E-state index in [-0.39, 0.29) is 11.9 Å². The molecular weight excluding hydrogens is 348 g/mol. The molecule has 2 N–H and O–H groups in total. The molecule has 132 valence electrons. The second-order valence-corrected chi connectivity index (χ2v) is 7.19. The number of rotatable bonds is 6. The number of carbonyl (C=O) groups is 1. The molecule has 0 aliphatic heterocycles. The quantitative estimate of drug-likeness (QED) is 0.547. The lowest BCUT2D eigenvalue weighted by Crippen LogP contribution is -2.17. The van der Waals surface area contributed by atoms with Crippen LogP contribution in [0.25, 0.3) is 10.9 Å². The number of carbonyl (C=O) groups excluding carboxylic acids is 1. The van der Waals surface area contributed by atoms with Crippen molar-refractivity contribution in [2.45, 2.75) is 25.8 Å². The highest BCUT2D eigenvalue weighted by molar-refractivity contribution is 7.15. The summed E-state index contributed by atoms with van der Waals surface area (Å²) in [4.78, 5) is 15.5. The fourth-order valence-corrected chi connectivity index (χ4v) is 3.67. The number of nitrogens with one attached hydrogen (secondary N) is 2. The molecule has 4 rings (SSSR count). The minimum Gasteiger partial charge on any atom is -0.361 e. The molecule has 0 spiro atoms. The van der Waals surface area contributed by atoms with Crippen LogP contribution in [0.15, 0.2) is 48.9 Å². The van der Waals surface area contributed by atoms with Gasteiger partial charge in [-0.15, -0.1) is 10.2 Å². The number of para-hydroxylation sites is 1. The molecule has 1 atom stereocenters. The van der Waals surface area contributed by atoms with Crippen molar-refractivity contribution in [2.24, 2.45) is 0 Å². The normalized spacial score (nSPS) is 12.3. The first kappa shape index (κ1) is 16.5. The summed E-state index contributed by atoms with van der Waals surface area (Å²) in [7, 11) is 0. The third kappa shape index (κ3) is 3.50. The Morgan fingerprint density at radius 3 is 3.04 bits per heavy atom. The molecule has 26 heavy (non-hydrogen) atoms. The van der Waals surface area contributed by atoms with Crippen LogP contribution in [0, 0.1) is 0 Å². The van der Waals surface area contributed by atoms with Gasteiger partial charge in [0.05, 0.1) is 6.04 Å². The van der Waals surface area contributed by atoms with E-state index in [1.54, 1.807) is 10.9 Å². The minimum absolute atomic E-state index is 0.0105. The Labute approximate surface area is 154 Å². The van der Waals surface area contributed by atoms with E-state index >= 15 is 0 Å². The highest BCUT2D eigenvalue weighted by atomic mass is 32.1. The molecule has 0 saturated carbocycles. The van der Waals surface area contributed by atoms with Crippen LogP contribution in [0.5, 0.6) is 0 Å². The summed E-state index contributed by atoms with van der Waals surface area (Å²) in [5, 5.41) is 17.9. The van der Waals surface area contributed by atoms with Crippen LogP contribution in [-0.4, -0.2) is 30.9 Å². The van der Waals surface area contributed by atoms with Crippen LogP contribution >= 0.6 is 11.3 Å². The van der Waals surface area contributed by atoms with Crippen LogP contribution in [0.4, 0.5) is 5.13 Å². The van der Waals surface area contributed by atoms with Crippen molar-refractivity contribution >= 4 is 33.3 Å². The Morgan fingerprint density at radius 1 is 1.31 bits per heavy atom. The predicted molar refractivity (Wildman–Crippen MR) is 101 cm³/mol. The average molecular weight is 366 g/mol. The van der Waals surface area contributed by atoms with Gasteiger partial charge in [0.15, 0.2) is 0 Å². The van der Waals surface area contributed by atoms with Crippen LogP contribution in [0.3, 0.4) is 0 Å². The van der Waals surface area contributed by atoms with E-state index in [9.17, 15) is 4.79 Å². The van der Waals surface area contributed by atoms with Crippen molar-refractivity contribution in [2.75, 3.05) is 5.32 Å². The van der Waals surface area contributed by atoms with Crippen molar-refractivity contribution < 1.29 is 4.79 Å². The third-order valence-corrected chi connectivity index (χ3v) is 5.03. The lowest BCUT2D eigenvalue weighted by atomic mass is 10.1. The van der Waals surface area contributed by atoms with Gasteiger partial charge in [-0.05, 0) is 24.6 Å². The number of H-pyrrole nitrogens is 1. The van der Waals surface area contributed by atoms with Gasteiger partial charge in [0.1, 0.15) is 5.01 Å². The van der Waals surface area contributed by atoms with Gasteiger partial charge in [0.2, 0.25) is 11.0 Å². The lowest BCUT2D eigenvalue weighted by molar-refractivity contribution is -0.116. The van der Waals surface area contributed by atoms with E-state index in [0.29, 0.717) is 18.0 Å². The van der Waals surface area contributed by atoms with Crippen LogP contribution < -0.4 is 5.32 Å². The molecule has 0 aliphatic rings. The standard InChI is InChI=1S/C18H18N6OS/c1-12(24-8-4-7-20-24)9-16(25)21-18-23-22-17(26-18)10-13-11-19-15-6-3-2-5-14(13)15/h2-8,11-12,19H,9-10H2,1H3,(H,21,23,25). The Kier molecular flexibility index (Phi) is 4.49. The van der Waals surface area contributed by atoms with E-state index in [2.05, 4.69) is 31.7 Å². The second kappa shape index (κ2) is 7.09. The predicted octanol–water partition coefficient (Wildman–Crippen LogP) is 3.40. The molecule has 0 radical (unpaired) electrons. The van der Waals surface area contributed by atoms with Crippen LogP contribution in [0.2, 0.25) is 0 Å². The first-order chi connectivity index (χ1) is 12.7. The maximum Gasteiger partial charge on any atom is 0.228 e. The maximum absolute atomic E-state index is 12.2. The molecule has 3 heterocycles. The molecule has 0 aliphatic carbocycles. The van der Waals surface area contributed by atoms with Gasteiger partial charge in [-0.3, -0.25) is 9.48 Å². The summed E-state index contributed by atoms with van der Waals surface area (Å²) in [5.74, 6) is -0.0946. The minimum atomic E-state index is -0.0946. The number of aromatic nitrogens is 5. The van der Waals surface area contributed by atoms with Gasteiger partial charge in [-0.1, -0.05) is 29.5 Å².